The molecule has 3 atom stereocenters. The first-order valence-corrected chi connectivity index (χ1v) is 14.4. The van der Waals surface area contributed by atoms with Crippen molar-refractivity contribution in [1.29, 1.82) is 5.26 Å². The van der Waals surface area contributed by atoms with Crippen LogP contribution in [0.3, 0.4) is 0 Å². The van der Waals surface area contributed by atoms with Crippen molar-refractivity contribution in [1.82, 2.24) is 14.9 Å². The van der Waals surface area contributed by atoms with Gasteiger partial charge in [-0.05, 0) is 88.3 Å². The van der Waals surface area contributed by atoms with Crippen LogP contribution in [0.1, 0.15) is 69.6 Å². The monoisotopic (exact) mass is 534 g/mol. The lowest BCUT2D eigenvalue weighted by molar-refractivity contribution is 0.0580. The molecule has 1 saturated heterocycles. The van der Waals surface area contributed by atoms with Gasteiger partial charge >= 0.3 is 0 Å². The Morgan fingerprint density at radius 1 is 1.07 bits per heavy atom. The topological polar surface area (TPSA) is 82.0 Å². The second kappa shape index (κ2) is 12.5. The maximum Gasteiger partial charge on any atom is 0.275 e. The number of fused-ring (bicyclic) bond motifs is 1. The van der Waals surface area contributed by atoms with Crippen molar-refractivity contribution in [2.45, 2.75) is 84.0 Å². The van der Waals surface area contributed by atoms with Gasteiger partial charge in [0.1, 0.15) is 18.1 Å². The van der Waals surface area contributed by atoms with E-state index in [-0.39, 0.29) is 11.3 Å². The smallest absolute Gasteiger partial charge is 0.275 e. The number of nitrogens with one attached hydrogen (secondary N) is 1. The predicted molar refractivity (Wildman–Crippen MR) is 160 cm³/mol. The molecular formula is C34H38N4O2. The Hall–Kier alpha value is -3.95. The zero-order valence-electron chi connectivity index (χ0n) is 23.7. The number of aromatic nitrogens is 2. The van der Waals surface area contributed by atoms with Crippen LogP contribution >= 0.6 is 0 Å². The summed E-state index contributed by atoms with van der Waals surface area (Å²) in [6.45, 7) is 7.41. The largest absolute Gasteiger partial charge is 0.488 e. The third kappa shape index (κ3) is 6.11. The lowest BCUT2D eigenvalue weighted by Crippen LogP contribution is -2.48. The van der Waals surface area contributed by atoms with Gasteiger partial charge in [-0.1, -0.05) is 48.9 Å². The standard InChI is InChI=1S/C34H38N4O2/c1-23-10-7-11-24(2)38(23)25(3)12-8-15-28-16-9-17-30-32(28)37-34(39)33(36-30)29-20-27(21-35)18-19-31(29)40-22-26-13-5-4-6-14-26/h4-6,9,13-14,16-20,23-25H,7-8,10-12,15,22H2,1-3H3,(H,37,39). The van der Waals surface area contributed by atoms with Crippen LogP contribution in [0.15, 0.2) is 71.5 Å². The summed E-state index contributed by atoms with van der Waals surface area (Å²) in [6, 6.07) is 25.0. The summed E-state index contributed by atoms with van der Waals surface area (Å²) in [5, 5.41) is 9.52. The number of piperidine rings is 1. The number of likely N-dealkylation sites (tertiary alicyclic amines) is 1. The van der Waals surface area contributed by atoms with E-state index in [0.717, 1.165) is 41.4 Å². The van der Waals surface area contributed by atoms with Crippen LogP contribution in [0.25, 0.3) is 22.3 Å². The van der Waals surface area contributed by atoms with Crippen molar-refractivity contribution in [2.24, 2.45) is 0 Å². The van der Waals surface area contributed by atoms with Gasteiger partial charge in [0, 0.05) is 23.7 Å². The van der Waals surface area contributed by atoms with Gasteiger partial charge in [-0.2, -0.15) is 5.26 Å². The molecule has 5 rings (SSSR count). The SMILES string of the molecule is CC(CCCc1cccc2nc(-c3cc(C#N)ccc3OCc3ccccc3)c(=O)[nH]c12)N1C(C)CCCC1C. The molecule has 0 spiro atoms. The number of rotatable bonds is 9. The van der Waals surface area contributed by atoms with Gasteiger partial charge in [-0.3, -0.25) is 9.69 Å². The van der Waals surface area contributed by atoms with Gasteiger partial charge < -0.3 is 9.72 Å². The zero-order valence-corrected chi connectivity index (χ0v) is 23.7. The van der Waals surface area contributed by atoms with Crippen LogP contribution in [0.2, 0.25) is 0 Å². The number of para-hydroxylation sites is 1. The van der Waals surface area contributed by atoms with E-state index in [1.165, 1.54) is 19.3 Å². The minimum absolute atomic E-state index is 0.256. The van der Waals surface area contributed by atoms with Crippen LogP contribution in [0.4, 0.5) is 0 Å². The van der Waals surface area contributed by atoms with Crippen molar-refractivity contribution in [3.05, 3.63) is 93.8 Å². The van der Waals surface area contributed by atoms with Crippen LogP contribution in [0, 0.1) is 11.3 Å². The fraction of sp³-hybridized carbons (Fsp3) is 0.382. The van der Waals surface area contributed by atoms with Crippen LogP contribution in [-0.2, 0) is 13.0 Å². The van der Waals surface area contributed by atoms with Gasteiger partial charge in [-0.25, -0.2) is 4.98 Å². The number of nitriles is 1. The Kier molecular flexibility index (Phi) is 8.62. The number of H-pyrrole nitrogens is 1. The number of aryl methyl sites for hydroxylation is 1. The summed E-state index contributed by atoms with van der Waals surface area (Å²) in [5.41, 5.74) is 4.57. The average molecular weight is 535 g/mol. The fourth-order valence-electron chi connectivity index (χ4n) is 6.25. The summed E-state index contributed by atoms with van der Waals surface area (Å²) in [7, 11) is 0. The Bertz CT molecular complexity index is 1550. The van der Waals surface area contributed by atoms with Crippen LogP contribution in [0.5, 0.6) is 5.75 Å². The van der Waals surface area contributed by atoms with E-state index in [1.807, 2.05) is 42.5 Å². The highest BCUT2D eigenvalue weighted by molar-refractivity contribution is 5.81. The molecule has 6 nitrogen and oxygen atoms in total. The molecule has 4 aromatic rings. The zero-order chi connectivity index (χ0) is 28.1. The lowest BCUT2D eigenvalue weighted by atomic mass is 9.93. The molecule has 1 N–H and O–H groups in total. The van der Waals surface area contributed by atoms with Crippen molar-refractivity contribution in [2.75, 3.05) is 0 Å². The molecular weight excluding hydrogens is 496 g/mol. The number of benzene rings is 3. The van der Waals surface area contributed by atoms with E-state index in [0.29, 0.717) is 41.6 Å². The van der Waals surface area contributed by atoms with Gasteiger partial charge in [0.2, 0.25) is 0 Å². The molecule has 0 bridgehead atoms. The average Bonchev–Trinajstić information content (AvgIpc) is 2.96. The van der Waals surface area contributed by atoms with Crippen LogP contribution in [-0.4, -0.2) is 33.0 Å². The molecule has 1 fully saturated rings. The molecule has 6 heteroatoms. The number of ether oxygens (including phenoxy) is 1. The van der Waals surface area contributed by atoms with Crippen molar-refractivity contribution in [3.8, 4) is 23.1 Å². The summed E-state index contributed by atoms with van der Waals surface area (Å²) < 4.78 is 6.10. The fourth-order valence-corrected chi connectivity index (χ4v) is 6.25. The molecule has 0 amide bonds. The minimum Gasteiger partial charge on any atom is -0.488 e. The van der Waals surface area contributed by atoms with Crippen LogP contribution < -0.4 is 10.3 Å². The molecule has 206 valence electrons. The quantitative estimate of drug-likeness (QED) is 0.250. The maximum absolute atomic E-state index is 13.4. The van der Waals surface area contributed by atoms with Gasteiger partial charge in [-0.15, -0.1) is 0 Å². The molecule has 1 aliphatic heterocycles. The van der Waals surface area contributed by atoms with Gasteiger partial charge in [0.15, 0.2) is 0 Å². The Labute approximate surface area is 236 Å². The Morgan fingerprint density at radius 3 is 2.60 bits per heavy atom. The normalized spacial score (nSPS) is 18.4. The third-order valence-electron chi connectivity index (χ3n) is 8.25. The van der Waals surface area contributed by atoms with E-state index in [2.05, 4.69) is 42.8 Å². The molecule has 0 aliphatic carbocycles. The molecule has 1 aliphatic rings. The van der Waals surface area contributed by atoms with Crippen molar-refractivity contribution >= 4 is 11.0 Å². The van der Waals surface area contributed by atoms with Gasteiger partial charge in [0.05, 0.1) is 22.7 Å². The number of nitrogens with zero attached hydrogens (tertiary/aromatic N) is 3. The van der Waals surface area contributed by atoms with E-state index >= 15 is 0 Å². The van der Waals surface area contributed by atoms with E-state index in [1.54, 1.807) is 18.2 Å². The molecule has 40 heavy (non-hydrogen) atoms. The lowest BCUT2D eigenvalue weighted by Gasteiger charge is -2.43. The first-order valence-electron chi connectivity index (χ1n) is 14.4. The summed E-state index contributed by atoms with van der Waals surface area (Å²) in [6.07, 6.45) is 6.93. The molecule has 3 unspecified atom stereocenters. The maximum atomic E-state index is 13.4. The van der Waals surface area contributed by atoms with E-state index < -0.39 is 0 Å². The highest BCUT2D eigenvalue weighted by Gasteiger charge is 2.28. The van der Waals surface area contributed by atoms with Crippen molar-refractivity contribution in [3.63, 3.8) is 0 Å². The summed E-state index contributed by atoms with van der Waals surface area (Å²) >= 11 is 0. The van der Waals surface area contributed by atoms with Gasteiger partial charge in [0.25, 0.3) is 5.56 Å². The Morgan fingerprint density at radius 2 is 1.85 bits per heavy atom. The van der Waals surface area contributed by atoms with E-state index in [4.69, 9.17) is 9.72 Å². The summed E-state index contributed by atoms with van der Waals surface area (Å²) in [5.74, 6) is 0.520. The molecule has 0 radical (unpaired) electrons. The number of hydrogen-bond donors (Lipinski definition) is 1. The minimum atomic E-state index is -0.288. The Balaban J connectivity index is 1.38. The number of aromatic amines is 1. The third-order valence-corrected chi connectivity index (χ3v) is 8.25. The highest BCUT2D eigenvalue weighted by Crippen LogP contribution is 2.30. The summed E-state index contributed by atoms with van der Waals surface area (Å²) in [4.78, 5) is 24.0. The second-order valence-electron chi connectivity index (χ2n) is 11.1. The predicted octanol–water partition coefficient (Wildman–Crippen LogP) is 7.01. The first kappa shape index (κ1) is 27.6. The molecule has 1 aromatic heterocycles. The van der Waals surface area contributed by atoms with E-state index in [9.17, 15) is 10.1 Å². The molecule has 0 saturated carbocycles. The molecule has 2 heterocycles. The first-order chi connectivity index (χ1) is 19.4. The second-order valence-corrected chi connectivity index (χ2v) is 11.1. The highest BCUT2D eigenvalue weighted by atomic mass is 16.5. The van der Waals surface area contributed by atoms with Crippen molar-refractivity contribution < 1.29 is 4.74 Å². The molecule has 3 aromatic carbocycles. The number of hydrogen-bond acceptors (Lipinski definition) is 5.